The van der Waals surface area contributed by atoms with Crippen LogP contribution in [0.4, 0.5) is 11.4 Å². The van der Waals surface area contributed by atoms with Crippen molar-refractivity contribution in [2.75, 3.05) is 61.6 Å². The molecule has 3 rings (SSSR count). The normalized spacial score (nSPS) is 12.0. The number of aromatic nitrogens is 1. The molecule has 1 aromatic heterocycles. The van der Waals surface area contributed by atoms with Crippen molar-refractivity contribution in [2.45, 2.75) is 32.7 Å². The van der Waals surface area contributed by atoms with Gasteiger partial charge < -0.3 is 15.5 Å². The third-order valence-electron chi connectivity index (χ3n) is 7.49. The lowest BCUT2D eigenvalue weighted by molar-refractivity contribution is -0.692. The lowest BCUT2D eigenvalue weighted by atomic mass is 10.1. The molecule has 5 nitrogen and oxygen atoms in total. The number of nitrogens with two attached hydrogens (primary N) is 1. The maximum Gasteiger partial charge on any atom is 0.169 e. The van der Waals surface area contributed by atoms with Gasteiger partial charge in [-0.25, -0.2) is 4.57 Å². The quantitative estimate of drug-likeness (QED) is 0.0411. The molecule has 0 radical (unpaired) electrons. The lowest BCUT2D eigenvalue weighted by Crippen LogP contribution is -2.33. The van der Waals surface area contributed by atoms with Crippen LogP contribution < -0.4 is 20.1 Å². The Morgan fingerprint density at radius 2 is 1.37 bits per heavy atom. The van der Waals surface area contributed by atoms with Crippen LogP contribution >= 0.6 is 21.6 Å². The number of rotatable bonds is 21. The summed E-state index contributed by atoms with van der Waals surface area (Å²) in [4.78, 5) is 9.10. The van der Waals surface area contributed by atoms with E-state index in [0.717, 1.165) is 55.2 Å². The predicted molar refractivity (Wildman–Crippen MR) is 209 cm³/mol. The molecule has 0 amide bonds. The molecule has 0 saturated carbocycles. The topological polar surface area (TPSA) is 48.7 Å². The Morgan fingerprint density at radius 1 is 0.804 bits per heavy atom. The van der Waals surface area contributed by atoms with Gasteiger partial charge in [0.25, 0.3) is 0 Å². The minimum absolute atomic E-state index is 0.714. The van der Waals surface area contributed by atoms with E-state index in [4.69, 9.17) is 5.73 Å². The molecule has 2 N–H and O–H groups in total. The van der Waals surface area contributed by atoms with Gasteiger partial charge in [-0.1, -0.05) is 96.2 Å². The van der Waals surface area contributed by atoms with Crippen molar-refractivity contribution in [1.29, 1.82) is 0 Å². The number of hydrogen-bond acceptors (Lipinski definition) is 6. The summed E-state index contributed by atoms with van der Waals surface area (Å²) in [6.45, 7) is 10.7. The zero-order valence-corrected chi connectivity index (χ0v) is 29.6. The first-order valence-corrected chi connectivity index (χ1v) is 18.8. The number of benzene rings is 2. The van der Waals surface area contributed by atoms with E-state index in [1.54, 1.807) is 0 Å². The van der Waals surface area contributed by atoms with Gasteiger partial charge in [0.1, 0.15) is 0 Å². The van der Waals surface area contributed by atoms with Crippen molar-refractivity contribution < 1.29 is 4.57 Å². The molecule has 3 aromatic rings. The summed E-state index contributed by atoms with van der Waals surface area (Å²) in [6, 6.07) is 21.7. The van der Waals surface area contributed by atoms with Crippen LogP contribution in [-0.4, -0.2) is 58.0 Å². The summed E-state index contributed by atoms with van der Waals surface area (Å²) in [5.41, 5.74) is 12.7. The summed E-state index contributed by atoms with van der Waals surface area (Å²) in [7, 11) is 8.04. The van der Waals surface area contributed by atoms with E-state index < -0.39 is 0 Å². The molecule has 0 aliphatic rings. The van der Waals surface area contributed by atoms with Crippen LogP contribution in [0.2, 0.25) is 0 Å². The van der Waals surface area contributed by atoms with Crippen molar-refractivity contribution in [3.63, 3.8) is 0 Å². The van der Waals surface area contributed by atoms with Gasteiger partial charge in [-0.15, -0.1) is 0 Å². The van der Waals surface area contributed by atoms with Crippen LogP contribution in [0, 0.1) is 0 Å². The number of nitrogens with zero attached hydrogens (tertiary/aromatic N) is 4. The molecule has 0 fully saturated rings. The second-order valence-corrected chi connectivity index (χ2v) is 13.8. The maximum atomic E-state index is 5.63. The highest BCUT2D eigenvalue weighted by Crippen LogP contribution is 2.20. The summed E-state index contributed by atoms with van der Waals surface area (Å²) < 4.78 is 2.25. The van der Waals surface area contributed by atoms with Gasteiger partial charge in [-0.3, -0.25) is 4.99 Å². The van der Waals surface area contributed by atoms with Gasteiger partial charge in [-0.2, -0.15) is 0 Å². The van der Waals surface area contributed by atoms with E-state index >= 15 is 0 Å². The first kappa shape index (κ1) is 36.9. The summed E-state index contributed by atoms with van der Waals surface area (Å²) >= 11 is 0. The second-order valence-electron chi connectivity index (χ2n) is 11.1. The highest BCUT2D eigenvalue weighted by molar-refractivity contribution is 8.76. The molecular weight excluding hydrogens is 603 g/mol. The fourth-order valence-corrected chi connectivity index (χ4v) is 6.39. The van der Waals surface area contributed by atoms with Crippen molar-refractivity contribution in [3.05, 3.63) is 120 Å². The summed E-state index contributed by atoms with van der Waals surface area (Å²) in [6.07, 6.45) is 22.1. The van der Waals surface area contributed by atoms with Crippen LogP contribution in [0.3, 0.4) is 0 Å². The van der Waals surface area contributed by atoms with E-state index in [9.17, 15) is 0 Å². The van der Waals surface area contributed by atoms with Crippen LogP contribution in [-0.2, 0) is 6.54 Å². The molecule has 46 heavy (non-hydrogen) atoms. The predicted octanol–water partition coefficient (Wildman–Crippen LogP) is 8.44. The second kappa shape index (κ2) is 22.1. The minimum atomic E-state index is 0.714. The Balaban J connectivity index is 1.30. The largest absolute Gasteiger partial charge is 0.375 e. The van der Waals surface area contributed by atoms with E-state index in [2.05, 4.69) is 144 Å². The van der Waals surface area contributed by atoms with Gasteiger partial charge in [0, 0.05) is 69.2 Å². The lowest BCUT2D eigenvalue weighted by Gasteiger charge is -2.18. The SMILES string of the molecule is C=CC(/C=C/c1ccc(N(C)CCCN)cc1)=C\C=N\CCSSCC[n+]1ccc(/C=C/c2ccc(N(C)CCCC)cc2)cc1. The van der Waals surface area contributed by atoms with Crippen LogP contribution in [0.1, 0.15) is 42.9 Å². The van der Waals surface area contributed by atoms with Gasteiger partial charge >= 0.3 is 0 Å². The van der Waals surface area contributed by atoms with Crippen molar-refractivity contribution >= 4 is 57.4 Å². The Kier molecular flexibility index (Phi) is 17.7. The third-order valence-corrected chi connectivity index (χ3v) is 9.86. The van der Waals surface area contributed by atoms with Crippen LogP contribution in [0.25, 0.3) is 18.2 Å². The fraction of sp³-hybridized carbons (Fsp3) is 0.333. The summed E-state index contributed by atoms with van der Waals surface area (Å²) in [5, 5.41) is 0. The zero-order valence-electron chi connectivity index (χ0n) is 27.9. The standard InChI is InChI=1S/C39H52N5S2/c1-5-7-27-42(3)38-17-15-36(16-18-38)11-12-37-22-29-44(30-23-37)31-33-46-45-32-26-41-25-21-34(6-2)9-10-35-13-19-39(20-14-35)43(4)28-8-24-40/h6,9-23,25,29-30H,2,5,7-8,24,26-28,31-33,40H2,1,3-4H3/q+1/b10-9+,34-21+,41-25+. The van der Waals surface area contributed by atoms with Crippen molar-refractivity contribution in [3.8, 4) is 0 Å². The Morgan fingerprint density at radius 3 is 1.96 bits per heavy atom. The van der Waals surface area contributed by atoms with Gasteiger partial charge in [0.15, 0.2) is 18.9 Å². The fourth-order valence-electron chi connectivity index (χ4n) is 4.53. The van der Waals surface area contributed by atoms with Gasteiger partial charge in [0.2, 0.25) is 0 Å². The monoisotopic (exact) mass is 654 g/mol. The molecule has 0 saturated heterocycles. The molecule has 0 bridgehead atoms. The average molecular weight is 655 g/mol. The minimum Gasteiger partial charge on any atom is -0.375 e. The first-order valence-electron chi connectivity index (χ1n) is 16.3. The number of pyridine rings is 1. The highest BCUT2D eigenvalue weighted by atomic mass is 33.1. The molecule has 0 aliphatic heterocycles. The van der Waals surface area contributed by atoms with Crippen LogP contribution in [0.5, 0.6) is 0 Å². The third kappa shape index (κ3) is 14.3. The Hall–Kier alpha value is -3.52. The molecule has 7 heteroatoms. The average Bonchev–Trinajstić information content (AvgIpc) is 3.10. The Bertz CT molecular complexity index is 1390. The van der Waals surface area contributed by atoms with Crippen molar-refractivity contribution in [1.82, 2.24) is 0 Å². The maximum absolute atomic E-state index is 5.63. The van der Waals surface area contributed by atoms with Crippen molar-refractivity contribution in [2.24, 2.45) is 10.7 Å². The first-order chi connectivity index (χ1) is 22.5. The molecule has 0 spiro atoms. The van der Waals surface area contributed by atoms with Gasteiger partial charge in [-0.05, 0) is 72.0 Å². The smallest absolute Gasteiger partial charge is 0.169 e. The number of unbranched alkanes of at least 4 members (excludes halogenated alkanes) is 1. The number of aryl methyl sites for hydroxylation is 1. The molecule has 244 valence electrons. The number of hydrogen-bond donors (Lipinski definition) is 1. The number of allylic oxidation sites excluding steroid dienone is 4. The number of anilines is 2. The van der Waals surface area contributed by atoms with E-state index in [-0.39, 0.29) is 0 Å². The molecular formula is C39H52N5S2+. The van der Waals surface area contributed by atoms with E-state index in [0.29, 0.717) is 6.54 Å². The molecule has 0 atom stereocenters. The summed E-state index contributed by atoms with van der Waals surface area (Å²) in [5.74, 6) is 2.05. The zero-order chi connectivity index (χ0) is 32.8. The number of aliphatic imine (C=N–C) groups is 1. The van der Waals surface area contributed by atoms with E-state index in [1.807, 2.05) is 40.0 Å². The van der Waals surface area contributed by atoms with Crippen LogP contribution in [0.15, 0.2) is 108 Å². The van der Waals surface area contributed by atoms with Gasteiger partial charge in [0.05, 0.1) is 5.75 Å². The highest BCUT2D eigenvalue weighted by Gasteiger charge is 2.02. The molecule has 2 aromatic carbocycles. The Labute approximate surface area is 286 Å². The van der Waals surface area contributed by atoms with E-state index in [1.165, 1.54) is 35.3 Å². The molecule has 0 aliphatic carbocycles. The molecule has 0 unspecified atom stereocenters. The molecule has 1 heterocycles.